The zero-order valence-electron chi connectivity index (χ0n) is 28.3. The molecule has 0 aromatic heterocycles. The molecule has 0 unspecified atom stereocenters. The molecule has 4 aromatic rings. The highest BCUT2D eigenvalue weighted by molar-refractivity contribution is 6.18. The first-order valence-corrected chi connectivity index (χ1v) is 15.7. The molecule has 53 heavy (non-hydrogen) atoms. The van der Waals surface area contributed by atoms with Crippen LogP contribution in [0.2, 0.25) is 0 Å². The molecule has 272 valence electrons. The van der Waals surface area contributed by atoms with Crippen LogP contribution >= 0.6 is 0 Å². The van der Waals surface area contributed by atoms with Gasteiger partial charge in [-0.25, -0.2) is 22.4 Å². The minimum absolute atomic E-state index is 0.0162. The maximum absolute atomic E-state index is 13.7. The molecule has 2 aliphatic rings. The number of rotatable bonds is 9. The molecule has 0 radical (unpaired) electrons. The van der Waals surface area contributed by atoms with Crippen molar-refractivity contribution in [3.05, 3.63) is 147 Å². The second kappa shape index (κ2) is 15.6. The highest BCUT2D eigenvalue weighted by Gasteiger charge is 2.33. The molecule has 0 spiro atoms. The van der Waals surface area contributed by atoms with Crippen molar-refractivity contribution in [2.45, 2.75) is 26.9 Å². The molecule has 11 nitrogen and oxygen atoms in total. The summed E-state index contributed by atoms with van der Waals surface area (Å²) in [6.45, 7) is 2.84. The maximum Gasteiger partial charge on any atom is 0.337 e. The van der Waals surface area contributed by atoms with Crippen LogP contribution in [0, 0.1) is 37.1 Å². The smallest absolute Gasteiger partial charge is 0.337 e. The number of halogens is 4. The van der Waals surface area contributed by atoms with Crippen molar-refractivity contribution in [3.8, 4) is 5.75 Å². The van der Waals surface area contributed by atoms with Crippen LogP contribution in [0.5, 0.6) is 5.75 Å². The fourth-order valence-electron chi connectivity index (χ4n) is 5.15. The van der Waals surface area contributed by atoms with Crippen molar-refractivity contribution in [2.24, 2.45) is 0 Å². The average molecular weight is 731 g/mol. The van der Waals surface area contributed by atoms with E-state index in [9.17, 15) is 41.5 Å². The van der Waals surface area contributed by atoms with Gasteiger partial charge in [0.2, 0.25) is 0 Å². The zero-order chi connectivity index (χ0) is 38.6. The second-order valence-electron chi connectivity index (χ2n) is 11.9. The van der Waals surface area contributed by atoms with Gasteiger partial charge in [-0.3, -0.25) is 29.0 Å². The van der Waals surface area contributed by atoms with E-state index >= 15 is 0 Å². The molecule has 2 aliphatic heterocycles. The third-order valence-electron chi connectivity index (χ3n) is 8.02. The Balaban J connectivity index is 0.000000206. The summed E-state index contributed by atoms with van der Waals surface area (Å²) in [4.78, 5) is 62.6. The molecule has 0 fully saturated rings. The normalized spacial score (nSPS) is 13.8. The Labute approximate surface area is 299 Å². The standard InChI is InChI=1S/C20H16F2N2O4.C18H14F2N2O3/c1-11-15(21)7-14(8-16(11)22)23-17-9-18(25)24(19(17)26)10-12-4-3-5-13(6-12)20(27)28-2;1-10-2-4-12(5-3-10)21-15-8-16(23)22(18(15)25)9-11-6-13(19)17(24)14(20)7-11/h3-9,23H,10H2,1-2H3;2-8,21,24H,9H2,1H3. The number of aromatic hydroxyl groups is 1. The number of phenolic OH excluding ortho intramolecular Hbond substituents is 1. The first-order valence-electron chi connectivity index (χ1n) is 15.7. The lowest BCUT2D eigenvalue weighted by Gasteiger charge is -2.16. The van der Waals surface area contributed by atoms with Crippen LogP contribution in [0.4, 0.5) is 28.9 Å². The number of benzene rings is 4. The Morgan fingerprint density at radius 2 is 1.19 bits per heavy atom. The molecule has 15 heteroatoms. The third-order valence-corrected chi connectivity index (χ3v) is 8.02. The lowest BCUT2D eigenvalue weighted by molar-refractivity contribution is -0.139. The van der Waals surface area contributed by atoms with Gasteiger partial charge in [-0.05, 0) is 73.5 Å². The number of hydrogen-bond donors (Lipinski definition) is 3. The van der Waals surface area contributed by atoms with E-state index in [4.69, 9.17) is 5.11 Å². The van der Waals surface area contributed by atoms with E-state index in [1.807, 2.05) is 19.1 Å². The summed E-state index contributed by atoms with van der Waals surface area (Å²) in [7, 11) is 1.25. The molecule has 0 saturated heterocycles. The number of methoxy groups -OCH3 is 1. The van der Waals surface area contributed by atoms with Gasteiger partial charge in [0.25, 0.3) is 23.6 Å². The average Bonchev–Trinajstić information content (AvgIpc) is 3.54. The summed E-state index contributed by atoms with van der Waals surface area (Å²) in [6.07, 6.45) is 2.19. The number of phenols is 1. The molecule has 0 saturated carbocycles. The minimum Gasteiger partial charge on any atom is -0.503 e. The first kappa shape index (κ1) is 37.5. The van der Waals surface area contributed by atoms with Crippen LogP contribution < -0.4 is 10.6 Å². The molecular weight excluding hydrogens is 700 g/mol. The number of carbonyl (C=O) groups excluding carboxylic acids is 5. The van der Waals surface area contributed by atoms with Gasteiger partial charge in [-0.15, -0.1) is 0 Å². The first-order chi connectivity index (χ1) is 25.1. The van der Waals surface area contributed by atoms with Crippen molar-refractivity contribution < 1.29 is 51.4 Å². The van der Waals surface area contributed by atoms with E-state index in [1.54, 1.807) is 30.3 Å². The fourth-order valence-corrected chi connectivity index (χ4v) is 5.15. The molecule has 3 N–H and O–H groups in total. The topological polar surface area (TPSA) is 145 Å². The highest BCUT2D eigenvalue weighted by Crippen LogP contribution is 2.26. The molecule has 0 bridgehead atoms. The number of amides is 4. The Kier molecular flexibility index (Phi) is 11.1. The van der Waals surface area contributed by atoms with Crippen molar-refractivity contribution in [1.29, 1.82) is 0 Å². The Hall–Kier alpha value is -6.77. The SMILES string of the molecule is COC(=O)c1cccc(CN2C(=O)C=C(Nc3cc(F)c(C)c(F)c3)C2=O)c1.Cc1ccc(NC2=CC(=O)N(Cc3cc(F)c(O)c(F)c3)C2=O)cc1. The van der Waals surface area contributed by atoms with Crippen molar-refractivity contribution in [2.75, 3.05) is 17.7 Å². The predicted molar refractivity (Wildman–Crippen MR) is 183 cm³/mol. The quantitative estimate of drug-likeness (QED) is 0.111. The summed E-state index contributed by atoms with van der Waals surface area (Å²) in [5.41, 5.74) is 2.43. The fraction of sp³-hybridized carbons (Fsp3) is 0.132. The number of anilines is 2. The Morgan fingerprint density at radius 3 is 1.72 bits per heavy atom. The van der Waals surface area contributed by atoms with Crippen LogP contribution in [-0.4, -0.2) is 51.6 Å². The summed E-state index contributed by atoms with van der Waals surface area (Å²) >= 11 is 0. The summed E-state index contributed by atoms with van der Waals surface area (Å²) in [6, 6.07) is 17.4. The lowest BCUT2D eigenvalue weighted by Crippen LogP contribution is -2.31. The second-order valence-corrected chi connectivity index (χ2v) is 11.9. The van der Waals surface area contributed by atoms with Crippen molar-refractivity contribution in [3.63, 3.8) is 0 Å². The van der Waals surface area contributed by atoms with Gasteiger partial charge in [0.1, 0.15) is 23.0 Å². The number of carbonyl (C=O) groups is 5. The van der Waals surface area contributed by atoms with Gasteiger partial charge in [-0.1, -0.05) is 29.8 Å². The Morgan fingerprint density at radius 1 is 0.679 bits per heavy atom. The van der Waals surface area contributed by atoms with Gasteiger partial charge in [0.05, 0.1) is 25.8 Å². The molecular formula is C38H30F4N4O7. The lowest BCUT2D eigenvalue weighted by atomic mass is 10.1. The van der Waals surface area contributed by atoms with Gasteiger partial charge in [-0.2, -0.15) is 0 Å². The van der Waals surface area contributed by atoms with Crippen LogP contribution in [0.25, 0.3) is 0 Å². The van der Waals surface area contributed by atoms with E-state index in [0.717, 1.165) is 51.8 Å². The van der Waals surface area contributed by atoms with Crippen LogP contribution in [0.3, 0.4) is 0 Å². The van der Waals surface area contributed by atoms with E-state index in [1.165, 1.54) is 20.1 Å². The maximum atomic E-state index is 13.7. The summed E-state index contributed by atoms with van der Waals surface area (Å²) in [5.74, 6) is -7.88. The number of imide groups is 2. The number of hydrogen-bond acceptors (Lipinski definition) is 9. The van der Waals surface area contributed by atoms with Crippen LogP contribution in [-0.2, 0) is 37.0 Å². The molecule has 4 aromatic carbocycles. The van der Waals surface area contributed by atoms with Gasteiger partial charge in [0, 0.05) is 29.1 Å². The number of ether oxygens (including phenoxy) is 1. The Bertz CT molecular complexity index is 2170. The molecule has 0 aliphatic carbocycles. The number of nitrogens with zero attached hydrogens (tertiary/aromatic N) is 2. The molecule has 4 amide bonds. The summed E-state index contributed by atoms with van der Waals surface area (Å²) in [5, 5.41) is 14.5. The van der Waals surface area contributed by atoms with Crippen LogP contribution in [0.15, 0.2) is 96.3 Å². The van der Waals surface area contributed by atoms with Gasteiger partial charge in [0.15, 0.2) is 17.4 Å². The zero-order valence-corrected chi connectivity index (χ0v) is 28.3. The predicted octanol–water partition coefficient (Wildman–Crippen LogP) is 5.77. The number of nitrogens with one attached hydrogen (secondary N) is 2. The highest BCUT2D eigenvalue weighted by atomic mass is 19.1. The van der Waals surface area contributed by atoms with Crippen molar-refractivity contribution >= 4 is 41.0 Å². The molecule has 6 rings (SSSR count). The van der Waals surface area contributed by atoms with E-state index < -0.39 is 58.6 Å². The monoisotopic (exact) mass is 730 g/mol. The number of aryl methyl sites for hydroxylation is 1. The third kappa shape index (κ3) is 8.58. The van der Waals surface area contributed by atoms with E-state index in [-0.39, 0.29) is 46.9 Å². The van der Waals surface area contributed by atoms with Gasteiger partial charge < -0.3 is 20.5 Å². The molecule has 0 atom stereocenters. The largest absolute Gasteiger partial charge is 0.503 e. The van der Waals surface area contributed by atoms with Gasteiger partial charge >= 0.3 is 5.97 Å². The molecule has 2 heterocycles. The van der Waals surface area contributed by atoms with E-state index in [2.05, 4.69) is 15.4 Å². The minimum atomic E-state index is -1.15. The summed E-state index contributed by atoms with van der Waals surface area (Å²) < 4.78 is 58.8. The van der Waals surface area contributed by atoms with E-state index in [0.29, 0.717) is 11.3 Å². The van der Waals surface area contributed by atoms with Crippen LogP contribution in [0.1, 0.15) is 32.6 Å². The van der Waals surface area contributed by atoms with Crippen molar-refractivity contribution in [1.82, 2.24) is 9.80 Å². The number of esters is 1.